The quantitative estimate of drug-likeness (QED) is 0.701. The van der Waals surface area contributed by atoms with Crippen molar-refractivity contribution in [2.24, 2.45) is 0 Å². The first-order valence-electron chi connectivity index (χ1n) is 6.73. The van der Waals surface area contributed by atoms with E-state index in [1.54, 1.807) is 0 Å². The molecule has 1 aromatic rings. The fourth-order valence-electron chi connectivity index (χ4n) is 1.60. The molecule has 0 bridgehead atoms. The van der Waals surface area contributed by atoms with Gasteiger partial charge >= 0.3 is 11.8 Å². The molecule has 0 saturated carbocycles. The molecular formula is C15H22N2O3. The number of amides is 2. The molecule has 1 atom stereocenters. The smallest absolute Gasteiger partial charge is 0.309 e. The molecule has 1 aromatic carbocycles. The van der Waals surface area contributed by atoms with Crippen LogP contribution in [-0.4, -0.2) is 29.6 Å². The number of carbonyl (C=O) groups is 2. The lowest BCUT2D eigenvalue weighted by Crippen LogP contribution is -2.42. The first-order chi connectivity index (χ1) is 9.40. The van der Waals surface area contributed by atoms with E-state index in [4.69, 9.17) is 5.11 Å². The third-order valence-electron chi connectivity index (χ3n) is 2.86. The normalized spacial score (nSPS) is 12.1. The highest BCUT2D eigenvalue weighted by Crippen LogP contribution is 2.14. The average Bonchev–Trinajstić information content (AvgIpc) is 2.42. The Bertz CT molecular complexity index is 453. The summed E-state index contributed by atoms with van der Waals surface area (Å²) in [6.45, 7) is 6.13. The summed E-state index contributed by atoms with van der Waals surface area (Å²) in [5, 5.41) is 13.9. The van der Waals surface area contributed by atoms with E-state index in [0.29, 0.717) is 12.5 Å². The van der Waals surface area contributed by atoms with Crippen LogP contribution in [0.15, 0.2) is 24.3 Å². The predicted octanol–water partition coefficient (Wildman–Crippen LogP) is 0.923. The van der Waals surface area contributed by atoms with Gasteiger partial charge in [-0.3, -0.25) is 9.59 Å². The Balaban J connectivity index is 2.42. The van der Waals surface area contributed by atoms with Gasteiger partial charge in [0.25, 0.3) is 0 Å². The Morgan fingerprint density at radius 1 is 1.05 bits per heavy atom. The highest BCUT2D eigenvalue weighted by Gasteiger charge is 2.13. The summed E-state index contributed by atoms with van der Waals surface area (Å²) in [5.41, 5.74) is 2.17. The zero-order chi connectivity index (χ0) is 15.1. The minimum Gasteiger partial charge on any atom is -0.392 e. The van der Waals surface area contributed by atoms with Gasteiger partial charge in [-0.1, -0.05) is 38.1 Å². The lowest BCUT2D eigenvalue weighted by Gasteiger charge is -2.09. The fraction of sp³-hybridized carbons (Fsp3) is 0.467. The van der Waals surface area contributed by atoms with Crippen LogP contribution < -0.4 is 10.6 Å². The Kier molecular flexibility index (Phi) is 6.18. The molecule has 5 nitrogen and oxygen atoms in total. The van der Waals surface area contributed by atoms with Crippen molar-refractivity contribution >= 4 is 11.8 Å². The minimum atomic E-state index is -0.732. The maximum atomic E-state index is 11.5. The van der Waals surface area contributed by atoms with Gasteiger partial charge in [0, 0.05) is 13.1 Å². The van der Waals surface area contributed by atoms with E-state index >= 15 is 0 Å². The lowest BCUT2D eigenvalue weighted by atomic mass is 10.0. The van der Waals surface area contributed by atoms with Crippen LogP contribution in [0.5, 0.6) is 0 Å². The molecule has 20 heavy (non-hydrogen) atoms. The molecule has 0 fully saturated rings. The molecule has 0 spiro atoms. The van der Waals surface area contributed by atoms with E-state index in [9.17, 15) is 9.59 Å². The van der Waals surface area contributed by atoms with E-state index in [1.165, 1.54) is 12.5 Å². The van der Waals surface area contributed by atoms with E-state index in [-0.39, 0.29) is 6.54 Å². The molecule has 0 aliphatic carbocycles. The van der Waals surface area contributed by atoms with Crippen LogP contribution in [-0.2, 0) is 16.1 Å². The number of hydrogen-bond donors (Lipinski definition) is 3. The third kappa shape index (κ3) is 5.40. The Morgan fingerprint density at radius 3 is 2.10 bits per heavy atom. The summed E-state index contributed by atoms with van der Waals surface area (Å²) >= 11 is 0. The molecule has 0 radical (unpaired) electrons. The Morgan fingerprint density at radius 2 is 1.60 bits per heavy atom. The molecule has 5 heteroatoms. The number of aliphatic hydroxyl groups is 1. The van der Waals surface area contributed by atoms with E-state index in [2.05, 4.69) is 24.5 Å². The van der Waals surface area contributed by atoms with Gasteiger partial charge in [-0.05, 0) is 24.0 Å². The summed E-state index contributed by atoms with van der Waals surface area (Å²) < 4.78 is 0. The van der Waals surface area contributed by atoms with Crippen molar-refractivity contribution in [1.29, 1.82) is 0 Å². The van der Waals surface area contributed by atoms with Crippen LogP contribution in [0.25, 0.3) is 0 Å². The van der Waals surface area contributed by atoms with Crippen LogP contribution in [0.3, 0.4) is 0 Å². The van der Waals surface area contributed by atoms with E-state index < -0.39 is 17.9 Å². The monoisotopic (exact) mass is 278 g/mol. The van der Waals surface area contributed by atoms with Crippen molar-refractivity contribution in [2.75, 3.05) is 6.54 Å². The molecular weight excluding hydrogens is 256 g/mol. The van der Waals surface area contributed by atoms with Crippen LogP contribution >= 0.6 is 0 Å². The van der Waals surface area contributed by atoms with Crippen molar-refractivity contribution < 1.29 is 14.7 Å². The van der Waals surface area contributed by atoms with Gasteiger partial charge in [0.15, 0.2) is 0 Å². The number of nitrogens with one attached hydrogen (secondary N) is 2. The summed E-state index contributed by atoms with van der Waals surface area (Å²) in [5.74, 6) is -0.965. The molecule has 1 rings (SSSR count). The second-order valence-electron chi connectivity index (χ2n) is 5.14. The second-order valence-corrected chi connectivity index (χ2v) is 5.14. The molecule has 0 aromatic heterocycles. The fourth-order valence-corrected chi connectivity index (χ4v) is 1.60. The van der Waals surface area contributed by atoms with Gasteiger partial charge in [-0.25, -0.2) is 0 Å². The highest BCUT2D eigenvalue weighted by atomic mass is 16.3. The number of carbonyl (C=O) groups excluding carboxylic acids is 2. The van der Waals surface area contributed by atoms with Crippen molar-refractivity contribution in [3.8, 4) is 0 Å². The van der Waals surface area contributed by atoms with Gasteiger partial charge in [0.2, 0.25) is 0 Å². The zero-order valence-corrected chi connectivity index (χ0v) is 12.1. The third-order valence-corrected chi connectivity index (χ3v) is 2.86. The van der Waals surface area contributed by atoms with Crippen molar-refractivity contribution in [1.82, 2.24) is 10.6 Å². The first kappa shape index (κ1) is 16.2. The van der Waals surface area contributed by atoms with Crippen molar-refractivity contribution in [3.63, 3.8) is 0 Å². The largest absolute Gasteiger partial charge is 0.392 e. The molecule has 3 N–H and O–H groups in total. The SMILES string of the molecule is CC(C)c1ccc(CNC(=O)C(=O)NC[C@@H](C)O)cc1. The number of hydrogen-bond acceptors (Lipinski definition) is 3. The van der Waals surface area contributed by atoms with E-state index in [1.807, 2.05) is 24.3 Å². The number of benzene rings is 1. The van der Waals surface area contributed by atoms with Gasteiger partial charge < -0.3 is 15.7 Å². The lowest BCUT2D eigenvalue weighted by molar-refractivity contribution is -0.139. The van der Waals surface area contributed by atoms with E-state index in [0.717, 1.165) is 5.56 Å². The zero-order valence-electron chi connectivity index (χ0n) is 12.1. The molecule has 0 unspecified atom stereocenters. The second kappa shape index (κ2) is 7.65. The van der Waals surface area contributed by atoms with Crippen LogP contribution in [0.2, 0.25) is 0 Å². The summed E-state index contributed by atoms with van der Waals surface area (Å²) in [6, 6.07) is 7.89. The maximum absolute atomic E-state index is 11.5. The highest BCUT2D eigenvalue weighted by molar-refractivity contribution is 6.35. The number of rotatable bonds is 5. The predicted molar refractivity (Wildman–Crippen MR) is 77.1 cm³/mol. The average molecular weight is 278 g/mol. The van der Waals surface area contributed by atoms with Crippen molar-refractivity contribution in [3.05, 3.63) is 35.4 Å². The van der Waals surface area contributed by atoms with Gasteiger partial charge in [0.1, 0.15) is 0 Å². The topological polar surface area (TPSA) is 78.4 Å². The van der Waals surface area contributed by atoms with Crippen LogP contribution in [0.1, 0.15) is 37.8 Å². The van der Waals surface area contributed by atoms with Crippen LogP contribution in [0, 0.1) is 0 Å². The van der Waals surface area contributed by atoms with Crippen molar-refractivity contribution in [2.45, 2.75) is 39.3 Å². The standard InChI is InChI=1S/C15H22N2O3/c1-10(2)13-6-4-12(5-7-13)9-17-15(20)14(19)16-8-11(3)18/h4-7,10-11,18H,8-9H2,1-3H3,(H,16,19)(H,17,20)/t11-/m1/s1. The van der Waals surface area contributed by atoms with Gasteiger partial charge in [0.05, 0.1) is 6.10 Å². The molecule has 2 amide bonds. The minimum absolute atomic E-state index is 0.0648. The summed E-state index contributed by atoms with van der Waals surface area (Å²) in [7, 11) is 0. The Labute approximate surface area is 119 Å². The Hall–Kier alpha value is -1.88. The maximum Gasteiger partial charge on any atom is 0.309 e. The molecule has 0 aliphatic rings. The van der Waals surface area contributed by atoms with Gasteiger partial charge in [-0.2, -0.15) is 0 Å². The molecule has 110 valence electrons. The van der Waals surface area contributed by atoms with Gasteiger partial charge in [-0.15, -0.1) is 0 Å². The molecule has 0 heterocycles. The summed E-state index contributed by atoms with van der Waals surface area (Å²) in [4.78, 5) is 22.9. The molecule has 0 aliphatic heterocycles. The first-order valence-corrected chi connectivity index (χ1v) is 6.73. The summed E-state index contributed by atoms with van der Waals surface area (Å²) in [6.07, 6.45) is -0.671. The van der Waals surface area contributed by atoms with Crippen LogP contribution in [0.4, 0.5) is 0 Å². The number of aliphatic hydroxyl groups excluding tert-OH is 1. The molecule has 0 saturated heterocycles.